The van der Waals surface area contributed by atoms with Crippen molar-refractivity contribution >= 4 is 39.8 Å². The average Bonchev–Trinajstić information content (AvgIpc) is 3.13. The SMILES string of the molecule is CN(C)c1nnc(S[C@@H]2CCN(c3cnn(C)c3)C2=O)s1. The summed E-state index contributed by atoms with van der Waals surface area (Å²) in [6, 6.07) is 0. The normalized spacial score (nSPS) is 18.5. The van der Waals surface area contributed by atoms with E-state index < -0.39 is 0 Å². The Bertz CT molecular complexity index is 652. The summed E-state index contributed by atoms with van der Waals surface area (Å²) in [7, 11) is 5.71. The minimum Gasteiger partial charge on any atom is -0.353 e. The molecule has 0 N–H and O–H groups in total. The van der Waals surface area contributed by atoms with E-state index in [1.165, 1.54) is 23.1 Å². The van der Waals surface area contributed by atoms with Gasteiger partial charge in [-0.3, -0.25) is 9.48 Å². The number of aromatic nitrogens is 4. The zero-order chi connectivity index (χ0) is 15.0. The monoisotopic (exact) mass is 324 g/mol. The van der Waals surface area contributed by atoms with Gasteiger partial charge < -0.3 is 9.80 Å². The van der Waals surface area contributed by atoms with Gasteiger partial charge in [0.05, 0.1) is 17.1 Å². The van der Waals surface area contributed by atoms with E-state index in [2.05, 4.69) is 15.3 Å². The highest BCUT2D eigenvalue weighted by molar-refractivity contribution is 8.02. The number of anilines is 2. The van der Waals surface area contributed by atoms with Crippen LogP contribution in [0.2, 0.25) is 0 Å². The second-order valence-electron chi connectivity index (χ2n) is 5.00. The molecule has 0 radical (unpaired) electrons. The van der Waals surface area contributed by atoms with Gasteiger partial charge in [0.25, 0.3) is 0 Å². The molecule has 112 valence electrons. The third-order valence-electron chi connectivity index (χ3n) is 3.18. The van der Waals surface area contributed by atoms with E-state index in [1.54, 1.807) is 15.8 Å². The van der Waals surface area contributed by atoms with Crippen molar-refractivity contribution in [1.82, 2.24) is 20.0 Å². The Morgan fingerprint density at radius 2 is 2.24 bits per heavy atom. The molecule has 1 saturated heterocycles. The van der Waals surface area contributed by atoms with Gasteiger partial charge in [0.1, 0.15) is 0 Å². The molecule has 3 heterocycles. The molecule has 1 amide bonds. The van der Waals surface area contributed by atoms with Crippen molar-refractivity contribution in [3.63, 3.8) is 0 Å². The van der Waals surface area contributed by atoms with E-state index in [0.717, 1.165) is 28.1 Å². The first-order valence-electron chi connectivity index (χ1n) is 6.52. The predicted molar refractivity (Wildman–Crippen MR) is 84.1 cm³/mol. The molecule has 1 aliphatic heterocycles. The highest BCUT2D eigenvalue weighted by atomic mass is 32.2. The molecule has 3 rings (SSSR count). The highest BCUT2D eigenvalue weighted by Gasteiger charge is 2.34. The van der Waals surface area contributed by atoms with Gasteiger partial charge in [-0.05, 0) is 6.42 Å². The number of thioether (sulfide) groups is 1. The maximum absolute atomic E-state index is 12.5. The minimum absolute atomic E-state index is 0.0897. The summed E-state index contributed by atoms with van der Waals surface area (Å²) < 4.78 is 2.54. The zero-order valence-corrected chi connectivity index (χ0v) is 13.7. The fourth-order valence-corrected chi connectivity index (χ4v) is 4.17. The Balaban J connectivity index is 1.68. The van der Waals surface area contributed by atoms with Crippen LogP contribution >= 0.6 is 23.1 Å². The second-order valence-corrected chi connectivity index (χ2v) is 7.41. The van der Waals surface area contributed by atoms with Gasteiger partial charge >= 0.3 is 0 Å². The van der Waals surface area contributed by atoms with Gasteiger partial charge in [0.15, 0.2) is 4.34 Å². The van der Waals surface area contributed by atoms with Gasteiger partial charge in [0.2, 0.25) is 11.0 Å². The Morgan fingerprint density at radius 1 is 1.43 bits per heavy atom. The lowest BCUT2D eigenvalue weighted by molar-refractivity contribution is -0.116. The van der Waals surface area contributed by atoms with Crippen LogP contribution in [0.5, 0.6) is 0 Å². The van der Waals surface area contributed by atoms with Crippen LogP contribution < -0.4 is 9.80 Å². The number of nitrogens with zero attached hydrogens (tertiary/aromatic N) is 6. The molecule has 2 aromatic rings. The third kappa shape index (κ3) is 2.88. The lowest BCUT2D eigenvalue weighted by Gasteiger charge is -2.13. The van der Waals surface area contributed by atoms with Crippen LogP contribution in [-0.2, 0) is 11.8 Å². The topological polar surface area (TPSA) is 67.2 Å². The molecule has 0 saturated carbocycles. The zero-order valence-electron chi connectivity index (χ0n) is 12.1. The summed E-state index contributed by atoms with van der Waals surface area (Å²) in [6.07, 6.45) is 4.40. The first-order chi connectivity index (χ1) is 10.0. The molecule has 0 aromatic carbocycles. The number of aryl methyl sites for hydroxylation is 1. The molecule has 7 nitrogen and oxygen atoms in total. The van der Waals surface area contributed by atoms with Crippen molar-refractivity contribution in [2.75, 3.05) is 30.4 Å². The largest absolute Gasteiger partial charge is 0.353 e. The van der Waals surface area contributed by atoms with Crippen LogP contribution in [0.15, 0.2) is 16.7 Å². The van der Waals surface area contributed by atoms with Crippen LogP contribution in [0, 0.1) is 0 Å². The van der Waals surface area contributed by atoms with E-state index in [-0.39, 0.29) is 11.2 Å². The lowest BCUT2D eigenvalue weighted by atomic mass is 10.4. The molecule has 1 fully saturated rings. The van der Waals surface area contributed by atoms with Crippen molar-refractivity contribution in [1.29, 1.82) is 0 Å². The van der Waals surface area contributed by atoms with Gasteiger partial charge in [0, 0.05) is 33.9 Å². The molecule has 0 aliphatic carbocycles. The van der Waals surface area contributed by atoms with Crippen LogP contribution in [0.4, 0.5) is 10.8 Å². The summed E-state index contributed by atoms with van der Waals surface area (Å²) in [6.45, 7) is 0.724. The highest BCUT2D eigenvalue weighted by Crippen LogP contribution is 2.35. The molecule has 0 spiro atoms. The lowest BCUT2D eigenvalue weighted by Crippen LogP contribution is -2.27. The van der Waals surface area contributed by atoms with Gasteiger partial charge in [-0.15, -0.1) is 10.2 Å². The van der Waals surface area contributed by atoms with E-state index in [9.17, 15) is 4.79 Å². The minimum atomic E-state index is -0.0897. The Hall–Kier alpha value is -1.61. The van der Waals surface area contributed by atoms with Crippen molar-refractivity contribution in [3.8, 4) is 0 Å². The fourth-order valence-electron chi connectivity index (χ4n) is 2.12. The number of hydrogen-bond donors (Lipinski definition) is 0. The van der Waals surface area contributed by atoms with Gasteiger partial charge in [-0.1, -0.05) is 23.1 Å². The summed E-state index contributed by atoms with van der Waals surface area (Å²) in [4.78, 5) is 16.2. The first-order valence-corrected chi connectivity index (χ1v) is 8.21. The Morgan fingerprint density at radius 3 is 2.86 bits per heavy atom. The van der Waals surface area contributed by atoms with Crippen molar-refractivity contribution in [3.05, 3.63) is 12.4 Å². The molecule has 9 heteroatoms. The van der Waals surface area contributed by atoms with E-state index in [4.69, 9.17) is 0 Å². The summed E-state index contributed by atoms with van der Waals surface area (Å²) in [5.41, 5.74) is 0.858. The molecule has 1 aliphatic rings. The fraction of sp³-hybridized carbons (Fsp3) is 0.500. The molecule has 0 bridgehead atoms. The summed E-state index contributed by atoms with van der Waals surface area (Å²) >= 11 is 3.01. The molecule has 1 atom stereocenters. The van der Waals surface area contributed by atoms with Crippen molar-refractivity contribution in [2.45, 2.75) is 16.0 Å². The average molecular weight is 324 g/mol. The number of carbonyl (C=O) groups excluding carboxylic acids is 1. The van der Waals surface area contributed by atoms with Gasteiger partial charge in [-0.25, -0.2) is 0 Å². The van der Waals surface area contributed by atoms with Crippen molar-refractivity contribution < 1.29 is 4.79 Å². The smallest absolute Gasteiger partial charge is 0.240 e. The number of amides is 1. The van der Waals surface area contributed by atoms with Crippen LogP contribution in [0.3, 0.4) is 0 Å². The van der Waals surface area contributed by atoms with Crippen LogP contribution in [0.1, 0.15) is 6.42 Å². The molecule has 2 aromatic heterocycles. The summed E-state index contributed by atoms with van der Waals surface area (Å²) in [5.74, 6) is 0.120. The van der Waals surface area contributed by atoms with E-state index in [0.29, 0.717) is 0 Å². The Labute approximate surface area is 130 Å². The Kier molecular flexibility index (Phi) is 3.85. The van der Waals surface area contributed by atoms with E-state index >= 15 is 0 Å². The van der Waals surface area contributed by atoms with Crippen molar-refractivity contribution in [2.24, 2.45) is 7.05 Å². The standard InChI is InChI=1S/C12H16N6OS2/c1-16(2)11-14-15-12(21-11)20-9-4-5-18(10(9)19)8-6-13-17(3)7-8/h6-7,9H,4-5H2,1-3H3/t9-/m1/s1. The first kappa shape index (κ1) is 14.3. The maximum atomic E-state index is 12.5. The quantitative estimate of drug-likeness (QED) is 0.843. The van der Waals surface area contributed by atoms with Gasteiger partial charge in [-0.2, -0.15) is 5.10 Å². The maximum Gasteiger partial charge on any atom is 0.240 e. The third-order valence-corrected chi connectivity index (χ3v) is 5.61. The number of hydrogen-bond acceptors (Lipinski definition) is 7. The van der Waals surface area contributed by atoms with Crippen LogP contribution in [0.25, 0.3) is 0 Å². The molecule has 0 unspecified atom stereocenters. The summed E-state index contributed by atoms with van der Waals surface area (Å²) in [5, 5.41) is 13.1. The second kappa shape index (κ2) is 5.64. The number of rotatable bonds is 4. The molecular weight excluding hydrogens is 308 g/mol. The predicted octanol–water partition coefficient (Wildman–Crippen LogP) is 1.24. The number of carbonyl (C=O) groups is 1. The molecular formula is C12H16N6OS2. The van der Waals surface area contributed by atoms with Crippen LogP contribution in [-0.4, -0.2) is 51.8 Å². The molecule has 21 heavy (non-hydrogen) atoms. The van der Waals surface area contributed by atoms with E-state index in [1.807, 2.05) is 32.2 Å².